The van der Waals surface area contributed by atoms with E-state index in [0.717, 1.165) is 11.3 Å². The summed E-state index contributed by atoms with van der Waals surface area (Å²) in [5, 5.41) is 0.640. The van der Waals surface area contributed by atoms with Crippen LogP contribution >= 0.6 is 0 Å². The summed E-state index contributed by atoms with van der Waals surface area (Å²) in [6.45, 7) is 0.250. The fourth-order valence-electron chi connectivity index (χ4n) is 3.32. The minimum atomic E-state index is -3.67. The molecule has 2 aromatic rings. The van der Waals surface area contributed by atoms with E-state index in [4.69, 9.17) is 9.57 Å². The van der Waals surface area contributed by atoms with Gasteiger partial charge in [0, 0.05) is 13.6 Å². The second-order valence-electron chi connectivity index (χ2n) is 6.38. The molecule has 0 bridgehead atoms. The molecule has 146 valence electrons. The lowest BCUT2D eigenvalue weighted by Gasteiger charge is -2.23. The predicted octanol–water partition coefficient (Wildman–Crippen LogP) is 2.28. The SMILES string of the molecule is COc1ccccc1CCNS(=O)(=O)C1CON(C)C1c1cccc(F)c1. The van der Waals surface area contributed by atoms with E-state index in [1.165, 1.54) is 17.2 Å². The Hall–Kier alpha value is -2.00. The summed E-state index contributed by atoms with van der Waals surface area (Å²) in [7, 11) is -0.438. The molecule has 1 N–H and O–H groups in total. The van der Waals surface area contributed by atoms with Gasteiger partial charge >= 0.3 is 0 Å². The number of nitrogens with zero attached hydrogens (tertiary/aromatic N) is 1. The van der Waals surface area contributed by atoms with Crippen molar-refractivity contribution in [3.8, 4) is 5.75 Å². The zero-order valence-corrected chi connectivity index (χ0v) is 16.1. The molecular formula is C19H23FN2O4S. The van der Waals surface area contributed by atoms with Crippen LogP contribution in [0.1, 0.15) is 17.2 Å². The van der Waals surface area contributed by atoms with Crippen LogP contribution in [0.25, 0.3) is 0 Å². The van der Waals surface area contributed by atoms with Crippen LogP contribution < -0.4 is 9.46 Å². The normalized spacial score (nSPS) is 20.7. The van der Waals surface area contributed by atoms with Gasteiger partial charge in [0.2, 0.25) is 10.0 Å². The van der Waals surface area contributed by atoms with Crippen molar-refractivity contribution in [2.24, 2.45) is 0 Å². The fraction of sp³-hybridized carbons (Fsp3) is 0.368. The van der Waals surface area contributed by atoms with Gasteiger partial charge < -0.3 is 4.74 Å². The second kappa shape index (κ2) is 8.35. The highest BCUT2D eigenvalue weighted by Crippen LogP contribution is 2.33. The predicted molar refractivity (Wildman–Crippen MR) is 100 cm³/mol. The Morgan fingerprint density at radius 1 is 1.26 bits per heavy atom. The number of methoxy groups -OCH3 is 1. The molecule has 6 nitrogen and oxygen atoms in total. The summed E-state index contributed by atoms with van der Waals surface area (Å²) in [5.74, 6) is 0.311. The number of nitrogens with one attached hydrogen (secondary N) is 1. The van der Waals surface area contributed by atoms with Gasteiger partial charge in [-0.15, -0.1) is 0 Å². The number of sulfonamides is 1. The van der Waals surface area contributed by atoms with Gasteiger partial charge in [0.1, 0.15) is 16.8 Å². The van der Waals surface area contributed by atoms with Gasteiger partial charge in [0.25, 0.3) is 0 Å². The van der Waals surface area contributed by atoms with Gasteiger partial charge in [0.15, 0.2) is 0 Å². The number of hydroxylamine groups is 2. The van der Waals surface area contributed by atoms with E-state index in [2.05, 4.69) is 4.72 Å². The third-order valence-electron chi connectivity index (χ3n) is 4.67. The minimum absolute atomic E-state index is 0.0155. The number of ether oxygens (including phenoxy) is 1. The molecule has 2 aromatic carbocycles. The molecule has 3 rings (SSSR count). The molecule has 0 spiro atoms. The smallest absolute Gasteiger partial charge is 0.218 e. The molecule has 1 saturated heterocycles. The molecule has 0 aliphatic carbocycles. The van der Waals surface area contributed by atoms with Gasteiger partial charge in [-0.05, 0) is 35.7 Å². The minimum Gasteiger partial charge on any atom is -0.496 e. The largest absolute Gasteiger partial charge is 0.496 e. The Labute approximate surface area is 158 Å². The summed E-state index contributed by atoms with van der Waals surface area (Å²) in [4.78, 5) is 5.43. The Morgan fingerprint density at radius 2 is 2.04 bits per heavy atom. The number of para-hydroxylation sites is 1. The third kappa shape index (κ3) is 4.47. The highest BCUT2D eigenvalue weighted by atomic mass is 32.2. The van der Waals surface area contributed by atoms with Crippen molar-refractivity contribution in [3.05, 3.63) is 65.5 Å². The number of rotatable bonds is 7. The highest BCUT2D eigenvalue weighted by molar-refractivity contribution is 7.90. The average Bonchev–Trinajstić information content (AvgIpc) is 3.04. The fourth-order valence-corrected chi connectivity index (χ4v) is 4.82. The second-order valence-corrected chi connectivity index (χ2v) is 8.37. The van der Waals surface area contributed by atoms with Crippen molar-refractivity contribution in [2.45, 2.75) is 17.7 Å². The maximum atomic E-state index is 13.6. The molecule has 2 unspecified atom stereocenters. The van der Waals surface area contributed by atoms with Crippen molar-refractivity contribution in [3.63, 3.8) is 0 Å². The Morgan fingerprint density at radius 3 is 2.78 bits per heavy atom. The van der Waals surface area contributed by atoms with Crippen LogP contribution in [0.3, 0.4) is 0 Å². The number of halogens is 1. The van der Waals surface area contributed by atoms with Crippen LogP contribution in [0.4, 0.5) is 4.39 Å². The third-order valence-corrected chi connectivity index (χ3v) is 6.46. The maximum Gasteiger partial charge on any atom is 0.218 e. The van der Waals surface area contributed by atoms with E-state index in [0.29, 0.717) is 12.0 Å². The monoisotopic (exact) mass is 394 g/mol. The van der Waals surface area contributed by atoms with Gasteiger partial charge in [0.05, 0.1) is 19.8 Å². The van der Waals surface area contributed by atoms with Crippen molar-refractivity contribution < 1.29 is 22.4 Å². The molecule has 1 aliphatic rings. The maximum absolute atomic E-state index is 13.6. The van der Waals surface area contributed by atoms with Gasteiger partial charge in [-0.1, -0.05) is 30.3 Å². The summed E-state index contributed by atoms with van der Waals surface area (Å²) < 4.78 is 47.2. The van der Waals surface area contributed by atoms with E-state index in [-0.39, 0.29) is 13.2 Å². The zero-order chi connectivity index (χ0) is 19.4. The first-order chi connectivity index (χ1) is 12.9. The lowest BCUT2D eigenvalue weighted by Crippen LogP contribution is -2.40. The Balaban J connectivity index is 1.71. The first-order valence-electron chi connectivity index (χ1n) is 8.64. The number of benzene rings is 2. The highest BCUT2D eigenvalue weighted by Gasteiger charge is 2.43. The molecule has 2 atom stereocenters. The van der Waals surface area contributed by atoms with E-state index in [1.54, 1.807) is 26.3 Å². The number of hydrogen-bond donors (Lipinski definition) is 1. The van der Waals surface area contributed by atoms with Crippen molar-refractivity contribution >= 4 is 10.0 Å². The summed E-state index contributed by atoms with van der Waals surface area (Å²) >= 11 is 0. The van der Waals surface area contributed by atoms with Crippen LogP contribution in [0.5, 0.6) is 5.75 Å². The van der Waals surface area contributed by atoms with Crippen LogP contribution in [0, 0.1) is 5.82 Å². The molecular weight excluding hydrogens is 371 g/mol. The van der Waals surface area contributed by atoms with E-state index in [1.807, 2.05) is 24.3 Å². The molecule has 0 amide bonds. The molecule has 27 heavy (non-hydrogen) atoms. The molecule has 1 aliphatic heterocycles. The van der Waals surface area contributed by atoms with Crippen LogP contribution in [0.15, 0.2) is 48.5 Å². The summed E-state index contributed by atoms with van der Waals surface area (Å²) in [6.07, 6.45) is 0.497. The summed E-state index contributed by atoms with van der Waals surface area (Å²) in [5.41, 5.74) is 1.49. The lowest BCUT2D eigenvalue weighted by atomic mass is 10.0. The van der Waals surface area contributed by atoms with Gasteiger partial charge in [-0.3, -0.25) is 4.84 Å². The topological polar surface area (TPSA) is 67.9 Å². The Kier molecular flexibility index (Phi) is 6.11. The van der Waals surface area contributed by atoms with Gasteiger partial charge in [-0.2, -0.15) is 5.06 Å². The average molecular weight is 394 g/mol. The summed E-state index contributed by atoms with van der Waals surface area (Å²) in [6, 6.07) is 12.8. The molecule has 0 radical (unpaired) electrons. The van der Waals surface area contributed by atoms with Crippen molar-refractivity contribution in [1.82, 2.24) is 9.79 Å². The van der Waals surface area contributed by atoms with Crippen LogP contribution in [-0.4, -0.2) is 46.0 Å². The van der Waals surface area contributed by atoms with E-state index >= 15 is 0 Å². The van der Waals surface area contributed by atoms with Gasteiger partial charge in [-0.25, -0.2) is 17.5 Å². The number of hydrogen-bond acceptors (Lipinski definition) is 5. The molecule has 1 heterocycles. The van der Waals surface area contributed by atoms with Crippen molar-refractivity contribution in [2.75, 3.05) is 27.3 Å². The Bertz CT molecular complexity index is 891. The quantitative estimate of drug-likeness (QED) is 0.780. The van der Waals surface area contributed by atoms with E-state index < -0.39 is 27.1 Å². The van der Waals surface area contributed by atoms with Crippen LogP contribution in [0.2, 0.25) is 0 Å². The molecule has 0 saturated carbocycles. The van der Waals surface area contributed by atoms with Crippen LogP contribution in [-0.2, 0) is 21.3 Å². The van der Waals surface area contributed by atoms with Crippen molar-refractivity contribution in [1.29, 1.82) is 0 Å². The molecule has 8 heteroatoms. The first-order valence-corrected chi connectivity index (χ1v) is 10.2. The van der Waals surface area contributed by atoms with E-state index in [9.17, 15) is 12.8 Å². The molecule has 1 fully saturated rings. The molecule has 0 aromatic heterocycles. The first kappa shape index (κ1) is 19.8. The standard InChI is InChI=1S/C19H23FN2O4S/c1-22-19(15-7-5-8-16(20)12-15)18(13-26-22)27(23,24)21-11-10-14-6-3-4-9-17(14)25-2/h3-9,12,18-19,21H,10-11,13H2,1-2H3. The lowest BCUT2D eigenvalue weighted by molar-refractivity contribution is -0.110. The zero-order valence-electron chi connectivity index (χ0n) is 15.3.